The van der Waals surface area contributed by atoms with Crippen molar-refractivity contribution in [3.8, 4) is 0 Å². The second-order valence-corrected chi connectivity index (χ2v) is 9.53. The average molecular weight is 404 g/mol. The molecule has 0 radical (unpaired) electrons. The van der Waals surface area contributed by atoms with E-state index in [1.54, 1.807) is 6.92 Å². The van der Waals surface area contributed by atoms with Crippen molar-refractivity contribution in [2.75, 3.05) is 32.7 Å². The van der Waals surface area contributed by atoms with Crippen LogP contribution in [0.2, 0.25) is 0 Å². The molecule has 2 aliphatic carbocycles. The maximum Gasteiger partial charge on any atom is 0.223 e. The van der Waals surface area contributed by atoms with E-state index in [1.165, 1.54) is 5.57 Å². The fourth-order valence-corrected chi connectivity index (χ4v) is 4.83. The first-order valence-electron chi connectivity index (χ1n) is 11.3. The predicted molar refractivity (Wildman–Crippen MR) is 113 cm³/mol. The second kappa shape index (κ2) is 9.31. The molecule has 0 spiro atoms. The van der Waals surface area contributed by atoms with Crippen molar-refractivity contribution in [2.45, 2.75) is 53.4 Å². The molecule has 3 amide bonds. The van der Waals surface area contributed by atoms with Gasteiger partial charge in [0.15, 0.2) is 0 Å². The minimum atomic E-state index is 0.0859. The number of hydrogen-bond acceptors (Lipinski definition) is 3. The molecule has 3 aliphatic rings. The van der Waals surface area contributed by atoms with Crippen molar-refractivity contribution < 1.29 is 14.4 Å². The van der Waals surface area contributed by atoms with E-state index in [-0.39, 0.29) is 29.6 Å². The lowest BCUT2D eigenvalue weighted by Crippen LogP contribution is -2.50. The zero-order valence-corrected chi connectivity index (χ0v) is 18.4. The number of rotatable bonds is 6. The number of allylic oxidation sites excluding steroid dienone is 1. The summed E-state index contributed by atoms with van der Waals surface area (Å²) in [6.07, 6.45) is 5.93. The third-order valence-electron chi connectivity index (χ3n) is 7.04. The van der Waals surface area contributed by atoms with E-state index in [1.807, 2.05) is 9.80 Å². The Bertz CT molecular complexity index is 660. The summed E-state index contributed by atoms with van der Waals surface area (Å²) in [5.41, 5.74) is 1.28. The Balaban J connectivity index is 1.56. The summed E-state index contributed by atoms with van der Waals surface area (Å²) in [4.78, 5) is 40.1. The van der Waals surface area contributed by atoms with Crippen molar-refractivity contribution in [2.24, 2.45) is 29.6 Å². The van der Waals surface area contributed by atoms with Gasteiger partial charge in [0.05, 0.1) is 0 Å². The highest BCUT2D eigenvalue weighted by Gasteiger charge is 2.35. The lowest BCUT2D eigenvalue weighted by Gasteiger charge is -2.39. The smallest absolute Gasteiger partial charge is 0.223 e. The number of carbonyl (C=O) groups is 3. The maximum atomic E-state index is 12.9. The van der Waals surface area contributed by atoms with Crippen LogP contribution < -0.4 is 5.32 Å². The van der Waals surface area contributed by atoms with Gasteiger partial charge >= 0.3 is 0 Å². The minimum Gasteiger partial charge on any atom is -0.355 e. The van der Waals surface area contributed by atoms with Gasteiger partial charge in [-0.15, -0.1) is 0 Å². The van der Waals surface area contributed by atoms with Gasteiger partial charge < -0.3 is 15.1 Å². The minimum absolute atomic E-state index is 0.0859. The van der Waals surface area contributed by atoms with Gasteiger partial charge in [0, 0.05) is 52.0 Å². The first-order chi connectivity index (χ1) is 13.8. The summed E-state index contributed by atoms with van der Waals surface area (Å²) in [7, 11) is 0. The molecule has 0 aromatic rings. The summed E-state index contributed by atoms with van der Waals surface area (Å²) in [5.74, 6) is 2.36. The van der Waals surface area contributed by atoms with E-state index in [9.17, 15) is 14.4 Å². The van der Waals surface area contributed by atoms with E-state index in [2.05, 4.69) is 32.2 Å². The standard InChI is InChI=1S/C23H37N3O3/c1-15(2)21-12-19(13-22(28)26-9-7-25(8-10-26)17(4)27)16(3)11-20(21)14-24-23(29)18-5-6-18/h11,15,18-21H,5-10,12-14H2,1-4H3,(H,24,29). The Kier molecular flexibility index (Phi) is 7.01. The normalized spacial score (nSPS) is 27.6. The maximum absolute atomic E-state index is 12.9. The largest absolute Gasteiger partial charge is 0.355 e. The molecule has 0 aromatic heterocycles. The first kappa shape index (κ1) is 21.8. The van der Waals surface area contributed by atoms with E-state index in [0.29, 0.717) is 56.9 Å². The van der Waals surface area contributed by atoms with E-state index in [0.717, 1.165) is 19.3 Å². The molecular formula is C23H37N3O3. The highest BCUT2D eigenvalue weighted by Crippen LogP contribution is 2.39. The summed E-state index contributed by atoms with van der Waals surface area (Å²) in [6, 6.07) is 0. The number of piperazine rings is 1. The third-order valence-corrected chi connectivity index (χ3v) is 7.04. The number of carbonyl (C=O) groups excluding carboxylic acids is 3. The Morgan fingerprint density at radius 2 is 1.72 bits per heavy atom. The Morgan fingerprint density at radius 3 is 2.28 bits per heavy atom. The summed E-state index contributed by atoms with van der Waals surface area (Å²) >= 11 is 0. The Morgan fingerprint density at radius 1 is 1.10 bits per heavy atom. The van der Waals surface area contributed by atoms with Gasteiger partial charge in [-0.05, 0) is 49.9 Å². The van der Waals surface area contributed by atoms with Gasteiger partial charge in [-0.1, -0.05) is 25.5 Å². The summed E-state index contributed by atoms with van der Waals surface area (Å²) in [6.45, 7) is 11.5. The molecule has 0 aromatic carbocycles. The van der Waals surface area contributed by atoms with E-state index >= 15 is 0 Å². The molecule has 1 heterocycles. The monoisotopic (exact) mass is 403 g/mol. The second-order valence-electron chi connectivity index (χ2n) is 9.53. The van der Waals surface area contributed by atoms with Gasteiger partial charge in [0.2, 0.25) is 17.7 Å². The molecule has 3 unspecified atom stereocenters. The van der Waals surface area contributed by atoms with Gasteiger partial charge in [0.1, 0.15) is 0 Å². The highest BCUT2D eigenvalue weighted by molar-refractivity contribution is 5.80. The molecule has 1 saturated carbocycles. The van der Waals surface area contributed by atoms with Crippen LogP contribution in [0.15, 0.2) is 11.6 Å². The summed E-state index contributed by atoms with van der Waals surface area (Å²) < 4.78 is 0. The topological polar surface area (TPSA) is 69.7 Å². The van der Waals surface area contributed by atoms with Crippen LogP contribution in [0.5, 0.6) is 0 Å². The molecule has 1 aliphatic heterocycles. The zero-order valence-electron chi connectivity index (χ0n) is 18.4. The van der Waals surface area contributed by atoms with Crippen LogP contribution in [0.25, 0.3) is 0 Å². The van der Waals surface area contributed by atoms with Crippen molar-refractivity contribution in [3.05, 3.63) is 11.6 Å². The zero-order chi connectivity index (χ0) is 21.1. The van der Waals surface area contributed by atoms with Crippen LogP contribution in [0, 0.1) is 29.6 Å². The molecular weight excluding hydrogens is 366 g/mol. The number of amides is 3. The fourth-order valence-electron chi connectivity index (χ4n) is 4.83. The molecule has 29 heavy (non-hydrogen) atoms. The van der Waals surface area contributed by atoms with Crippen LogP contribution in [0.4, 0.5) is 0 Å². The molecule has 1 N–H and O–H groups in total. The van der Waals surface area contributed by atoms with Crippen LogP contribution >= 0.6 is 0 Å². The Labute approximate surface area is 175 Å². The van der Waals surface area contributed by atoms with Crippen molar-refractivity contribution in [3.63, 3.8) is 0 Å². The molecule has 3 atom stereocenters. The molecule has 6 heteroatoms. The molecule has 6 nitrogen and oxygen atoms in total. The van der Waals surface area contributed by atoms with Crippen LogP contribution in [-0.2, 0) is 14.4 Å². The van der Waals surface area contributed by atoms with Crippen molar-refractivity contribution in [1.29, 1.82) is 0 Å². The highest BCUT2D eigenvalue weighted by atomic mass is 16.2. The van der Waals surface area contributed by atoms with Gasteiger partial charge in [0.25, 0.3) is 0 Å². The van der Waals surface area contributed by atoms with Crippen LogP contribution in [-0.4, -0.2) is 60.2 Å². The van der Waals surface area contributed by atoms with Crippen molar-refractivity contribution in [1.82, 2.24) is 15.1 Å². The third kappa shape index (κ3) is 5.61. The number of hydrogen-bond donors (Lipinski definition) is 1. The first-order valence-corrected chi connectivity index (χ1v) is 11.3. The number of nitrogens with zero attached hydrogens (tertiary/aromatic N) is 2. The predicted octanol–water partition coefficient (Wildman–Crippen LogP) is 2.45. The summed E-state index contributed by atoms with van der Waals surface area (Å²) in [5, 5.41) is 3.15. The number of nitrogens with one attached hydrogen (secondary N) is 1. The molecule has 0 bridgehead atoms. The SMILES string of the molecule is CC(=O)N1CCN(C(=O)CC2CC(C(C)C)C(CNC(=O)C3CC3)C=C2C)CC1. The molecule has 3 rings (SSSR count). The lowest BCUT2D eigenvalue weighted by molar-refractivity contribution is -0.139. The van der Waals surface area contributed by atoms with Gasteiger partial charge in [-0.2, -0.15) is 0 Å². The molecule has 1 saturated heterocycles. The Hall–Kier alpha value is -1.85. The van der Waals surface area contributed by atoms with E-state index < -0.39 is 0 Å². The van der Waals surface area contributed by atoms with E-state index in [4.69, 9.17) is 0 Å². The quantitative estimate of drug-likeness (QED) is 0.693. The van der Waals surface area contributed by atoms with Crippen LogP contribution in [0.3, 0.4) is 0 Å². The molecule has 162 valence electrons. The van der Waals surface area contributed by atoms with Gasteiger partial charge in [-0.25, -0.2) is 0 Å². The van der Waals surface area contributed by atoms with Gasteiger partial charge in [-0.3, -0.25) is 14.4 Å². The fraction of sp³-hybridized carbons (Fsp3) is 0.783. The average Bonchev–Trinajstić information content (AvgIpc) is 3.52. The van der Waals surface area contributed by atoms with Crippen molar-refractivity contribution >= 4 is 17.7 Å². The van der Waals surface area contributed by atoms with Crippen LogP contribution in [0.1, 0.15) is 53.4 Å². The lowest BCUT2D eigenvalue weighted by atomic mass is 9.69. The molecule has 2 fully saturated rings.